The number of fused-ring (bicyclic) bond motifs is 1. The average molecular weight is 336 g/mol. The summed E-state index contributed by atoms with van der Waals surface area (Å²) in [4.78, 5) is 21.6. The van der Waals surface area contributed by atoms with E-state index < -0.39 is 5.97 Å². The van der Waals surface area contributed by atoms with Gasteiger partial charge in [-0.25, -0.2) is 14.8 Å². The first-order valence-corrected chi connectivity index (χ1v) is 7.19. The summed E-state index contributed by atoms with van der Waals surface area (Å²) in [7, 11) is 0. The Morgan fingerprint density at radius 3 is 2.50 bits per heavy atom. The van der Waals surface area contributed by atoms with E-state index in [1.165, 1.54) is 16.8 Å². The summed E-state index contributed by atoms with van der Waals surface area (Å²) in [6, 6.07) is 6.58. The molecule has 3 rings (SSSR count). The molecule has 3 aromatic rings. The summed E-state index contributed by atoms with van der Waals surface area (Å²) < 4.78 is 0. The van der Waals surface area contributed by atoms with E-state index in [0.717, 1.165) is 21.7 Å². The molecule has 0 atom stereocenters. The van der Waals surface area contributed by atoms with Crippen LogP contribution in [0.1, 0.15) is 20.8 Å². The minimum Gasteiger partial charge on any atom is -0.478 e. The molecular formula is C15H14ClN3O2S. The smallest absolute Gasteiger partial charge is 0.335 e. The minimum absolute atomic E-state index is 0. The lowest BCUT2D eigenvalue weighted by atomic mass is 10.2. The zero-order chi connectivity index (χ0) is 15.0. The van der Waals surface area contributed by atoms with E-state index in [-0.39, 0.29) is 18.0 Å². The maximum Gasteiger partial charge on any atom is 0.335 e. The molecule has 0 fully saturated rings. The van der Waals surface area contributed by atoms with Gasteiger partial charge in [0.1, 0.15) is 17.0 Å². The molecule has 22 heavy (non-hydrogen) atoms. The van der Waals surface area contributed by atoms with Gasteiger partial charge in [0, 0.05) is 10.6 Å². The van der Waals surface area contributed by atoms with Crippen LogP contribution in [0, 0.1) is 13.8 Å². The number of carbonyl (C=O) groups is 1. The van der Waals surface area contributed by atoms with E-state index in [1.54, 1.807) is 35.6 Å². The van der Waals surface area contributed by atoms with Gasteiger partial charge in [0.05, 0.1) is 10.9 Å². The number of carboxylic acids is 1. The number of nitrogens with one attached hydrogen (secondary N) is 1. The second-order valence-corrected chi connectivity index (χ2v) is 5.90. The lowest BCUT2D eigenvalue weighted by molar-refractivity contribution is 0.0697. The Kier molecular flexibility index (Phi) is 4.63. The van der Waals surface area contributed by atoms with Gasteiger partial charge in [0.25, 0.3) is 0 Å². The quantitative estimate of drug-likeness (QED) is 0.751. The number of anilines is 2. The van der Waals surface area contributed by atoms with Crippen molar-refractivity contribution in [2.75, 3.05) is 5.32 Å². The van der Waals surface area contributed by atoms with Crippen LogP contribution in [-0.4, -0.2) is 21.0 Å². The van der Waals surface area contributed by atoms with Gasteiger partial charge in [-0.2, -0.15) is 0 Å². The van der Waals surface area contributed by atoms with Gasteiger partial charge < -0.3 is 10.4 Å². The van der Waals surface area contributed by atoms with Crippen LogP contribution in [-0.2, 0) is 0 Å². The van der Waals surface area contributed by atoms with E-state index >= 15 is 0 Å². The largest absolute Gasteiger partial charge is 0.478 e. The first kappa shape index (κ1) is 16.2. The molecule has 1 aromatic carbocycles. The van der Waals surface area contributed by atoms with Crippen LogP contribution in [0.2, 0.25) is 0 Å². The fraction of sp³-hybridized carbons (Fsp3) is 0.133. The molecule has 0 radical (unpaired) electrons. The van der Waals surface area contributed by atoms with Crippen LogP contribution in [0.5, 0.6) is 0 Å². The number of aromatic carboxylic acids is 1. The number of aryl methyl sites for hydroxylation is 2. The standard InChI is InChI=1S/C15H13N3O2S.ClH/c1-8-9(2)21-14-12(8)13(16-7-17-14)18-11-5-3-10(4-6-11)15(19)20;/h3-7H,1-2H3,(H,19,20)(H,16,17,18);1H. The van der Waals surface area contributed by atoms with Crippen LogP contribution in [0.25, 0.3) is 10.2 Å². The van der Waals surface area contributed by atoms with Crippen LogP contribution < -0.4 is 5.32 Å². The monoisotopic (exact) mass is 335 g/mol. The van der Waals surface area contributed by atoms with Crippen molar-refractivity contribution in [2.45, 2.75) is 13.8 Å². The molecule has 2 aromatic heterocycles. The van der Waals surface area contributed by atoms with E-state index in [9.17, 15) is 4.79 Å². The van der Waals surface area contributed by atoms with Gasteiger partial charge in [0.2, 0.25) is 0 Å². The lowest BCUT2D eigenvalue weighted by Crippen LogP contribution is -1.98. The predicted octanol–water partition coefficient (Wildman–Crippen LogP) is 4.17. The topological polar surface area (TPSA) is 75.1 Å². The summed E-state index contributed by atoms with van der Waals surface area (Å²) in [5.41, 5.74) is 2.22. The highest BCUT2D eigenvalue weighted by Gasteiger charge is 2.12. The van der Waals surface area contributed by atoms with Crippen molar-refractivity contribution in [3.8, 4) is 0 Å². The fourth-order valence-electron chi connectivity index (χ4n) is 2.11. The number of hydrogen-bond acceptors (Lipinski definition) is 5. The Hall–Kier alpha value is -2.18. The zero-order valence-corrected chi connectivity index (χ0v) is 13.6. The van der Waals surface area contributed by atoms with E-state index in [0.29, 0.717) is 0 Å². The molecule has 0 amide bonds. The number of halogens is 1. The Labute approximate surface area is 137 Å². The zero-order valence-electron chi connectivity index (χ0n) is 12.0. The second kappa shape index (κ2) is 6.29. The molecule has 2 N–H and O–H groups in total. The number of benzene rings is 1. The molecule has 0 saturated heterocycles. The SMILES string of the molecule is Cc1sc2ncnc(Nc3ccc(C(=O)O)cc3)c2c1C.Cl. The lowest BCUT2D eigenvalue weighted by Gasteiger charge is -2.07. The van der Waals surface area contributed by atoms with Crippen molar-refractivity contribution < 1.29 is 9.90 Å². The number of rotatable bonds is 3. The molecule has 7 heteroatoms. The van der Waals surface area contributed by atoms with Crippen molar-refractivity contribution in [3.05, 3.63) is 46.6 Å². The molecular weight excluding hydrogens is 322 g/mol. The highest BCUT2D eigenvalue weighted by atomic mass is 35.5. The Balaban J connectivity index is 0.00000176. The molecule has 0 unspecified atom stereocenters. The van der Waals surface area contributed by atoms with Crippen LogP contribution in [0.4, 0.5) is 11.5 Å². The van der Waals surface area contributed by atoms with Crippen molar-refractivity contribution in [1.29, 1.82) is 0 Å². The van der Waals surface area contributed by atoms with Crippen molar-refractivity contribution in [2.24, 2.45) is 0 Å². The molecule has 114 valence electrons. The van der Waals surface area contributed by atoms with Crippen molar-refractivity contribution >= 4 is 51.4 Å². The molecule has 0 bridgehead atoms. The number of hydrogen-bond donors (Lipinski definition) is 2. The summed E-state index contributed by atoms with van der Waals surface area (Å²) in [5, 5.41) is 13.2. The maximum atomic E-state index is 10.9. The average Bonchev–Trinajstić information content (AvgIpc) is 2.76. The van der Waals surface area contributed by atoms with Gasteiger partial charge in [-0.3, -0.25) is 0 Å². The highest BCUT2D eigenvalue weighted by molar-refractivity contribution is 7.18. The van der Waals surface area contributed by atoms with Gasteiger partial charge >= 0.3 is 5.97 Å². The number of aromatic nitrogens is 2. The second-order valence-electron chi connectivity index (χ2n) is 4.69. The molecule has 0 aliphatic heterocycles. The van der Waals surface area contributed by atoms with Gasteiger partial charge in [-0.15, -0.1) is 23.7 Å². The van der Waals surface area contributed by atoms with Crippen LogP contribution in [0.3, 0.4) is 0 Å². The molecule has 0 spiro atoms. The summed E-state index contributed by atoms with van der Waals surface area (Å²) in [6.45, 7) is 4.11. The fourth-order valence-corrected chi connectivity index (χ4v) is 3.11. The maximum absolute atomic E-state index is 10.9. The third-order valence-electron chi connectivity index (χ3n) is 3.36. The molecule has 2 heterocycles. The van der Waals surface area contributed by atoms with E-state index in [1.807, 2.05) is 0 Å². The van der Waals surface area contributed by atoms with Gasteiger partial charge in [-0.05, 0) is 43.7 Å². The Morgan fingerprint density at radius 1 is 1.18 bits per heavy atom. The minimum atomic E-state index is -0.935. The van der Waals surface area contributed by atoms with Crippen LogP contribution in [0.15, 0.2) is 30.6 Å². The van der Waals surface area contributed by atoms with Gasteiger partial charge in [-0.1, -0.05) is 0 Å². The number of carboxylic acid groups (broad SMARTS) is 1. The first-order valence-electron chi connectivity index (χ1n) is 6.37. The van der Waals surface area contributed by atoms with Crippen molar-refractivity contribution in [1.82, 2.24) is 9.97 Å². The summed E-state index contributed by atoms with van der Waals surface area (Å²) in [6.07, 6.45) is 1.53. The third kappa shape index (κ3) is 2.88. The predicted molar refractivity (Wildman–Crippen MR) is 90.8 cm³/mol. The van der Waals surface area contributed by atoms with Crippen LogP contribution >= 0.6 is 23.7 Å². The normalized spacial score (nSPS) is 10.3. The summed E-state index contributed by atoms with van der Waals surface area (Å²) in [5.74, 6) is -0.194. The first-order chi connectivity index (χ1) is 10.1. The number of nitrogens with zero attached hydrogens (tertiary/aromatic N) is 2. The molecule has 5 nitrogen and oxygen atoms in total. The Bertz CT molecular complexity index is 831. The molecule has 0 aliphatic carbocycles. The summed E-state index contributed by atoms with van der Waals surface area (Å²) >= 11 is 1.64. The Morgan fingerprint density at radius 2 is 1.86 bits per heavy atom. The third-order valence-corrected chi connectivity index (χ3v) is 4.48. The highest BCUT2D eigenvalue weighted by Crippen LogP contribution is 2.33. The molecule has 0 aliphatic rings. The molecule has 0 saturated carbocycles. The van der Waals surface area contributed by atoms with E-state index in [2.05, 4.69) is 29.1 Å². The number of thiophene rings is 1. The van der Waals surface area contributed by atoms with Crippen molar-refractivity contribution in [3.63, 3.8) is 0 Å². The van der Waals surface area contributed by atoms with E-state index in [4.69, 9.17) is 5.11 Å². The van der Waals surface area contributed by atoms with Gasteiger partial charge in [0.15, 0.2) is 0 Å².